The van der Waals surface area contributed by atoms with Crippen molar-refractivity contribution >= 4 is 21.3 Å². The van der Waals surface area contributed by atoms with Crippen molar-refractivity contribution in [2.24, 2.45) is 0 Å². The highest BCUT2D eigenvalue weighted by Crippen LogP contribution is 1.88. The Kier molecular flexibility index (Phi) is 238. The van der Waals surface area contributed by atoms with Crippen LogP contribution in [0, 0.1) is 0 Å². The van der Waals surface area contributed by atoms with Gasteiger partial charge in [-0.2, -0.15) is 0 Å². The molecule has 0 heterocycles. The first-order valence-electron chi connectivity index (χ1n) is 18.9. The normalized spacial score (nSPS) is 8.24. The lowest BCUT2D eigenvalue weighted by atomic mass is 9.53. The molecular formula is C42H97B3. The molecule has 0 aromatic rings. The monoisotopic (exact) mass is 635 g/mol. The Morgan fingerprint density at radius 2 is 0.556 bits per heavy atom. The van der Waals surface area contributed by atoms with E-state index in [-0.39, 0.29) is 0 Å². The first-order chi connectivity index (χ1) is 21.4. The molecule has 45 heavy (non-hydrogen) atoms. The zero-order valence-corrected chi connectivity index (χ0v) is 36.9. The minimum absolute atomic E-state index is 0.884. The third-order valence-corrected chi connectivity index (χ3v) is 4.18. The Morgan fingerprint density at radius 1 is 0.400 bits per heavy atom. The molecule has 0 aromatic carbocycles. The Balaban J connectivity index is -0.0000000315. The lowest BCUT2D eigenvalue weighted by molar-refractivity contribution is 0.772. The molecule has 0 amide bonds. The van der Waals surface area contributed by atoms with E-state index in [1.54, 1.807) is 0 Å². The largest absolute Gasteiger partial charge is 0.133 e. The molecule has 274 valence electrons. The zero-order chi connectivity index (χ0) is 38.4. The van der Waals surface area contributed by atoms with Crippen LogP contribution in [0.3, 0.4) is 0 Å². The fourth-order valence-electron chi connectivity index (χ4n) is 0.642. The lowest BCUT2D eigenvalue weighted by Crippen LogP contribution is -1.92. The van der Waals surface area contributed by atoms with Crippen LogP contribution in [0.25, 0.3) is 0 Å². The molecule has 0 rings (SSSR count). The maximum Gasteiger partial charge on any atom is 0.133 e. The molecule has 0 bridgehead atoms. The van der Waals surface area contributed by atoms with Crippen LogP contribution in [0.4, 0.5) is 0 Å². The van der Waals surface area contributed by atoms with Gasteiger partial charge in [0.2, 0.25) is 0 Å². The summed E-state index contributed by atoms with van der Waals surface area (Å²) < 4.78 is 0. The average molecular weight is 635 g/mol. The highest BCUT2D eigenvalue weighted by atomic mass is 13.7. The number of allylic oxidation sites excluding steroid dienone is 10. The van der Waals surface area contributed by atoms with Gasteiger partial charge in [0.1, 0.15) is 21.3 Å². The molecule has 0 fully saturated rings. The van der Waals surface area contributed by atoms with E-state index in [9.17, 15) is 0 Å². The number of unbranched alkanes of at least 4 members (excludes halogenated alkanes) is 2. The molecule has 0 atom stereocenters. The first kappa shape index (κ1) is 74.6. The van der Waals surface area contributed by atoms with Crippen LogP contribution in [0.2, 0.25) is 45.7 Å². The van der Waals surface area contributed by atoms with Crippen LogP contribution >= 0.6 is 0 Å². The molecule has 0 aliphatic carbocycles. The van der Waals surface area contributed by atoms with Gasteiger partial charge in [0, 0.05) is 0 Å². The highest BCUT2D eigenvalue weighted by Gasteiger charge is 1.86. The number of rotatable bonds is 6. The topological polar surface area (TPSA) is 0 Å². The van der Waals surface area contributed by atoms with Crippen molar-refractivity contribution in [3.8, 4) is 0 Å². The third-order valence-electron chi connectivity index (χ3n) is 4.18. The fraction of sp³-hybridized carbons (Fsp3) is 0.762. The minimum Gasteiger partial charge on any atom is -0.0920 e. The van der Waals surface area contributed by atoms with E-state index in [0.29, 0.717) is 0 Å². The summed E-state index contributed by atoms with van der Waals surface area (Å²) in [6.07, 6.45) is 31.5. The molecule has 0 aliphatic rings. The van der Waals surface area contributed by atoms with E-state index < -0.39 is 0 Å². The van der Waals surface area contributed by atoms with Gasteiger partial charge in [0.15, 0.2) is 0 Å². The smallest absolute Gasteiger partial charge is 0.0920 e. The van der Waals surface area contributed by atoms with Gasteiger partial charge in [0.25, 0.3) is 0 Å². The molecule has 0 aliphatic heterocycles. The van der Waals surface area contributed by atoms with Crippen molar-refractivity contribution in [1.82, 2.24) is 0 Å². The molecule has 0 spiro atoms. The second kappa shape index (κ2) is 144. The van der Waals surface area contributed by atoms with Crippen molar-refractivity contribution in [2.75, 3.05) is 0 Å². The van der Waals surface area contributed by atoms with Gasteiger partial charge < -0.3 is 0 Å². The van der Waals surface area contributed by atoms with E-state index in [1.165, 1.54) is 57.4 Å². The average Bonchev–Trinajstić information content (AvgIpc) is 3.07. The van der Waals surface area contributed by atoms with Gasteiger partial charge in [-0.15, -0.1) is 0 Å². The predicted octanol–water partition coefficient (Wildman–Crippen LogP) is 17.4. The lowest BCUT2D eigenvalue weighted by Gasteiger charge is -1.84. The molecular weight excluding hydrogens is 537 g/mol. The summed E-state index contributed by atoms with van der Waals surface area (Å²) in [4.78, 5) is 0. The zero-order valence-electron chi connectivity index (χ0n) is 36.9. The van der Waals surface area contributed by atoms with Gasteiger partial charge in [-0.3, -0.25) is 0 Å². The summed E-state index contributed by atoms with van der Waals surface area (Å²) in [7, 11) is 4.38. The van der Waals surface area contributed by atoms with Gasteiger partial charge in [-0.05, 0) is 69.2 Å². The summed E-state index contributed by atoms with van der Waals surface area (Å²) in [6.45, 7) is 48.9. The fourth-order valence-corrected chi connectivity index (χ4v) is 0.642. The summed E-state index contributed by atoms with van der Waals surface area (Å²) in [6, 6.07) is 0. The van der Waals surface area contributed by atoms with Crippen LogP contribution in [-0.4, -0.2) is 21.3 Å². The number of hydrogen-bond acceptors (Lipinski definition) is 0. The van der Waals surface area contributed by atoms with Crippen molar-refractivity contribution in [3.05, 3.63) is 60.8 Å². The second-order valence-electron chi connectivity index (χ2n) is 9.82. The first-order valence-corrected chi connectivity index (χ1v) is 18.9. The Labute approximate surface area is 297 Å². The van der Waals surface area contributed by atoms with E-state index in [0.717, 1.165) is 6.71 Å². The van der Waals surface area contributed by atoms with Crippen LogP contribution in [0.5, 0.6) is 0 Å². The highest BCUT2D eigenvalue weighted by molar-refractivity contribution is 6.55. The SMILES string of the molecule is CC=CC.CC=CC.CC=CC.CC=CC.CC=CC.CCB(C)C.CCC.CCC.CCCCC.CC[B]CC.C[B]CC. The van der Waals surface area contributed by atoms with Crippen LogP contribution < -0.4 is 0 Å². The van der Waals surface area contributed by atoms with E-state index in [4.69, 9.17) is 0 Å². The third kappa shape index (κ3) is 604. The van der Waals surface area contributed by atoms with Crippen molar-refractivity contribution < 1.29 is 0 Å². The maximum atomic E-state index is 2.25. The van der Waals surface area contributed by atoms with Gasteiger partial charge in [-0.1, -0.05) is 208 Å². The molecule has 3 heteroatoms. The van der Waals surface area contributed by atoms with Gasteiger partial charge in [0.05, 0.1) is 0 Å². The second-order valence-corrected chi connectivity index (χ2v) is 9.82. The molecule has 0 nitrogen and oxygen atoms in total. The standard InChI is InChI=1S/C5H12.C4H11B.C4H10B.5C4H8.C3H8B.2C3H8/c1-3-5-4-2;1-4-5(2)3;1-3-5-4-2;6*1-3-4-2;2*1-3-2/h3-5H2,1-2H3;4H2,1-3H3;3-4H2,1-2H3;5*3-4H,1-2H3;3H2,1-2H3;2*3H2,1-2H3. The van der Waals surface area contributed by atoms with E-state index >= 15 is 0 Å². The molecule has 0 unspecified atom stereocenters. The summed E-state index contributed by atoms with van der Waals surface area (Å²) in [5.41, 5.74) is 0. The predicted molar refractivity (Wildman–Crippen MR) is 236 cm³/mol. The number of hydrogen-bond donors (Lipinski definition) is 0. The van der Waals surface area contributed by atoms with Crippen LogP contribution in [0.15, 0.2) is 60.8 Å². The molecule has 2 radical (unpaired) electrons. The Hall–Kier alpha value is -1.11. The summed E-state index contributed by atoms with van der Waals surface area (Å²) in [5, 5.41) is 0. The van der Waals surface area contributed by atoms with Crippen molar-refractivity contribution in [1.29, 1.82) is 0 Å². The van der Waals surface area contributed by atoms with E-state index in [2.05, 4.69) is 104 Å². The van der Waals surface area contributed by atoms with Gasteiger partial charge >= 0.3 is 0 Å². The maximum absolute atomic E-state index is 2.25. The molecule has 0 saturated carbocycles. The van der Waals surface area contributed by atoms with E-state index in [1.807, 2.05) is 130 Å². The molecule has 0 saturated heterocycles. The van der Waals surface area contributed by atoms with Crippen LogP contribution in [-0.2, 0) is 0 Å². The van der Waals surface area contributed by atoms with Crippen molar-refractivity contribution in [2.45, 2.75) is 216 Å². The summed E-state index contributed by atoms with van der Waals surface area (Å²) >= 11 is 0. The quantitative estimate of drug-likeness (QED) is 0.201. The van der Waals surface area contributed by atoms with Gasteiger partial charge in [-0.25, -0.2) is 0 Å². The Bertz CT molecular complexity index is 314. The molecule has 0 N–H and O–H groups in total. The summed E-state index contributed by atoms with van der Waals surface area (Å²) in [5.74, 6) is 0. The van der Waals surface area contributed by atoms with Crippen LogP contribution in [0.1, 0.15) is 171 Å². The molecule has 0 aromatic heterocycles. The van der Waals surface area contributed by atoms with Crippen molar-refractivity contribution in [3.63, 3.8) is 0 Å². The minimum atomic E-state index is 0.884. The Morgan fingerprint density at radius 3 is 0.556 bits per heavy atom.